The summed E-state index contributed by atoms with van der Waals surface area (Å²) in [5.41, 5.74) is 0. The predicted octanol–water partition coefficient (Wildman–Crippen LogP) is -5.91. The normalized spacial score (nSPS) is 49.2. The zero-order valence-corrected chi connectivity index (χ0v) is 27.6. The van der Waals surface area contributed by atoms with Gasteiger partial charge >= 0.3 is 11.9 Å². The molecule has 0 bridgehead atoms. The SMILES string of the molecule is CC(=O)O[C@@H]1C(C)O[C@@H](O[C@@H]2C(O)C(O)OC(C)[C@H]2O)C(O[C@H]2OC(C(=O)O)[C@@H](O)[C@@H](O)C2O)[C@H]1O[C@@H]1OC(C)[C@@H](S(=O)OOO)[C@H](O)C1O. The Balaban J connectivity index is 1.75. The van der Waals surface area contributed by atoms with Crippen molar-refractivity contribution in [2.75, 3.05) is 0 Å². The summed E-state index contributed by atoms with van der Waals surface area (Å²) in [5, 5.41) is 105. The van der Waals surface area contributed by atoms with Crippen LogP contribution in [0.2, 0.25) is 0 Å². The fourth-order valence-electron chi connectivity index (χ4n) is 6.00. The van der Waals surface area contributed by atoms with E-state index in [2.05, 4.69) is 9.37 Å². The number of carboxylic acid groups (broad SMARTS) is 1. The summed E-state index contributed by atoms with van der Waals surface area (Å²) in [6.45, 7) is 4.97. The molecule has 0 amide bonds. The first-order valence-electron chi connectivity index (χ1n) is 15.2. The molecule has 0 aliphatic carbocycles. The Morgan fingerprint density at radius 2 is 1.16 bits per heavy atom. The smallest absolute Gasteiger partial charge is 0.335 e. The number of esters is 1. The molecule has 4 rings (SSSR count). The summed E-state index contributed by atoms with van der Waals surface area (Å²) < 4.78 is 61.5. The number of ether oxygens (including phenoxy) is 8. The Labute approximate surface area is 285 Å². The Hall–Kier alpha value is -1.63. The molecule has 50 heavy (non-hydrogen) atoms. The lowest BCUT2D eigenvalue weighted by molar-refractivity contribution is -0.435. The van der Waals surface area contributed by atoms with Crippen molar-refractivity contribution in [3.8, 4) is 0 Å². The second-order valence-corrected chi connectivity index (χ2v) is 13.3. The summed E-state index contributed by atoms with van der Waals surface area (Å²) in [6.07, 6.45) is -34.7. The largest absolute Gasteiger partial charge is 0.479 e. The van der Waals surface area contributed by atoms with Crippen LogP contribution in [0.25, 0.3) is 0 Å². The minimum absolute atomic E-state index is 0.919. The van der Waals surface area contributed by atoms with Gasteiger partial charge in [-0.3, -0.25) is 4.79 Å². The van der Waals surface area contributed by atoms with Crippen molar-refractivity contribution >= 4 is 23.0 Å². The highest BCUT2D eigenvalue weighted by atomic mass is 32.2. The highest BCUT2D eigenvalue weighted by Gasteiger charge is 2.57. The van der Waals surface area contributed by atoms with E-state index in [0.717, 1.165) is 6.92 Å². The first kappa shape index (κ1) is 41.1. The minimum Gasteiger partial charge on any atom is -0.479 e. The van der Waals surface area contributed by atoms with Crippen LogP contribution in [0.15, 0.2) is 0 Å². The number of aliphatic hydroxyl groups excluding tert-OH is 8. The maximum absolute atomic E-state index is 12.4. The Morgan fingerprint density at radius 3 is 1.76 bits per heavy atom. The molecule has 4 fully saturated rings. The van der Waals surface area contributed by atoms with Crippen molar-refractivity contribution in [2.45, 2.75) is 150 Å². The summed E-state index contributed by atoms with van der Waals surface area (Å²) in [6, 6.07) is 0. The van der Waals surface area contributed by atoms with E-state index in [9.17, 15) is 59.8 Å². The average Bonchev–Trinajstić information content (AvgIpc) is 3.03. The van der Waals surface area contributed by atoms with E-state index in [1.54, 1.807) is 0 Å². The Bertz CT molecular complexity index is 1170. The molecule has 0 aromatic carbocycles. The standard InChI is InChI=1S/C26H42O23S/c1-5-9(28)17(15(34)23(37)40-5)44-26-20(47-25-13(32)10(29)11(30)18(45-25)22(35)36)19(16(6(2)41-26)43-8(4)27)46-24-14(33)12(31)21(7(3)42-24)50(39)49-48-38/h5-7,9-21,23-26,28-34,37-38H,1-4H3,(H,35,36)/t5?,6?,7?,9-,10-,11+,12-,13?,14?,15?,16-,17+,18?,19+,20?,21-,23?,24+,25-,26+,50?/m1/s1. The highest BCUT2D eigenvalue weighted by molar-refractivity contribution is 7.80. The van der Waals surface area contributed by atoms with E-state index in [1.807, 2.05) is 0 Å². The molecule has 4 aliphatic rings. The number of hydrogen-bond donors (Lipinski definition) is 10. The van der Waals surface area contributed by atoms with E-state index in [-0.39, 0.29) is 0 Å². The fourth-order valence-corrected chi connectivity index (χ4v) is 6.92. The van der Waals surface area contributed by atoms with Crippen molar-refractivity contribution in [1.82, 2.24) is 0 Å². The number of carboxylic acids is 1. The fraction of sp³-hybridized carbons (Fsp3) is 0.923. The second kappa shape index (κ2) is 17.0. The zero-order chi connectivity index (χ0) is 37.4. The molecule has 4 saturated heterocycles. The van der Waals surface area contributed by atoms with E-state index >= 15 is 0 Å². The van der Waals surface area contributed by atoms with Crippen LogP contribution in [0.3, 0.4) is 0 Å². The van der Waals surface area contributed by atoms with Crippen molar-refractivity contribution in [1.29, 1.82) is 0 Å². The molecular formula is C26H42O23S. The van der Waals surface area contributed by atoms with Crippen LogP contribution in [0.5, 0.6) is 0 Å². The number of carbonyl (C=O) groups excluding carboxylic acids is 1. The van der Waals surface area contributed by atoms with Crippen molar-refractivity contribution in [3.05, 3.63) is 0 Å². The average molecular weight is 755 g/mol. The molecule has 4 heterocycles. The third-order valence-corrected chi connectivity index (χ3v) is 9.91. The summed E-state index contributed by atoms with van der Waals surface area (Å²) in [4.78, 5) is 24.0. The second-order valence-electron chi connectivity index (χ2n) is 12.1. The van der Waals surface area contributed by atoms with Gasteiger partial charge in [0, 0.05) is 6.92 Å². The van der Waals surface area contributed by atoms with Crippen LogP contribution < -0.4 is 0 Å². The molecule has 290 valence electrons. The minimum atomic E-state index is -2.59. The lowest BCUT2D eigenvalue weighted by atomic mass is 9.95. The van der Waals surface area contributed by atoms with E-state index in [1.165, 1.54) is 20.8 Å². The Kier molecular flexibility index (Phi) is 14.0. The molecule has 0 aromatic rings. The molecule has 4 aliphatic heterocycles. The summed E-state index contributed by atoms with van der Waals surface area (Å²) >= 11 is -2.59. The van der Waals surface area contributed by atoms with Crippen molar-refractivity contribution in [3.63, 3.8) is 0 Å². The van der Waals surface area contributed by atoms with Gasteiger partial charge in [0.1, 0.15) is 66.3 Å². The van der Waals surface area contributed by atoms with Crippen LogP contribution in [0.4, 0.5) is 0 Å². The number of rotatable bonds is 11. The highest BCUT2D eigenvalue weighted by Crippen LogP contribution is 2.37. The quantitative estimate of drug-likeness (QED) is 0.0533. The van der Waals surface area contributed by atoms with Crippen molar-refractivity contribution in [2.24, 2.45) is 0 Å². The maximum atomic E-state index is 12.4. The molecule has 24 heteroatoms. The first-order chi connectivity index (χ1) is 23.4. The Morgan fingerprint density at radius 1 is 0.600 bits per heavy atom. The molecule has 10 unspecified atom stereocenters. The summed E-state index contributed by atoms with van der Waals surface area (Å²) in [7, 11) is 0. The van der Waals surface area contributed by atoms with Gasteiger partial charge in [-0.1, -0.05) is 5.04 Å². The van der Waals surface area contributed by atoms with Crippen LogP contribution in [0, 0.1) is 0 Å². The number of aliphatic hydroxyl groups is 8. The van der Waals surface area contributed by atoms with Gasteiger partial charge in [0.05, 0.1) is 18.3 Å². The lowest BCUT2D eigenvalue weighted by Gasteiger charge is -2.50. The lowest BCUT2D eigenvalue weighted by Crippen LogP contribution is -2.68. The molecule has 0 radical (unpaired) electrons. The van der Waals surface area contributed by atoms with Gasteiger partial charge in [-0.05, 0) is 20.8 Å². The van der Waals surface area contributed by atoms with Crippen LogP contribution in [-0.4, -0.2) is 189 Å². The summed E-state index contributed by atoms with van der Waals surface area (Å²) in [5.74, 6) is -2.69. The number of carbonyl (C=O) groups is 2. The van der Waals surface area contributed by atoms with Gasteiger partial charge in [0.15, 0.2) is 48.4 Å². The van der Waals surface area contributed by atoms with Crippen LogP contribution >= 0.6 is 0 Å². The molecule has 10 N–H and O–H groups in total. The molecule has 0 spiro atoms. The molecule has 21 atom stereocenters. The third-order valence-electron chi connectivity index (χ3n) is 8.61. The molecular weight excluding hydrogens is 712 g/mol. The van der Waals surface area contributed by atoms with Crippen LogP contribution in [0.1, 0.15) is 27.7 Å². The van der Waals surface area contributed by atoms with Gasteiger partial charge in [-0.2, -0.15) is 0 Å². The molecule has 0 aromatic heterocycles. The zero-order valence-electron chi connectivity index (χ0n) is 26.7. The number of aliphatic carboxylic acids is 1. The van der Waals surface area contributed by atoms with E-state index in [0.29, 0.717) is 0 Å². The van der Waals surface area contributed by atoms with E-state index in [4.69, 9.17) is 43.2 Å². The van der Waals surface area contributed by atoms with Gasteiger partial charge in [-0.25, -0.2) is 14.3 Å². The van der Waals surface area contributed by atoms with Crippen LogP contribution in [-0.2, 0) is 67.9 Å². The van der Waals surface area contributed by atoms with Gasteiger partial charge in [-0.15, -0.1) is 4.33 Å². The first-order valence-corrected chi connectivity index (χ1v) is 16.3. The van der Waals surface area contributed by atoms with E-state index < -0.39 is 145 Å². The predicted molar refractivity (Wildman–Crippen MR) is 150 cm³/mol. The third kappa shape index (κ3) is 8.60. The van der Waals surface area contributed by atoms with Gasteiger partial charge in [0.2, 0.25) is 0 Å². The monoisotopic (exact) mass is 754 g/mol. The van der Waals surface area contributed by atoms with Crippen molar-refractivity contribution < 1.29 is 112 Å². The van der Waals surface area contributed by atoms with Gasteiger partial charge in [0.25, 0.3) is 0 Å². The molecule has 0 saturated carbocycles. The number of hydrogen-bond acceptors (Lipinski definition) is 22. The molecule has 23 nitrogen and oxygen atoms in total. The topological polar surface area (TPSA) is 346 Å². The maximum Gasteiger partial charge on any atom is 0.335 e. The van der Waals surface area contributed by atoms with Gasteiger partial charge < -0.3 is 83.9 Å².